The van der Waals surface area contributed by atoms with Crippen molar-refractivity contribution in [2.75, 3.05) is 0 Å². The fourth-order valence-electron chi connectivity index (χ4n) is 11.9. The number of hydrogen-bond donors (Lipinski definition) is 0. The lowest BCUT2D eigenvalue weighted by molar-refractivity contribution is 1.07. The molecule has 5 aromatic heterocycles. The summed E-state index contributed by atoms with van der Waals surface area (Å²) < 4.78 is 4.47. The number of para-hydroxylation sites is 2. The van der Waals surface area contributed by atoms with E-state index in [4.69, 9.17) is 39.9 Å². The van der Waals surface area contributed by atoms with Gasteiger partial charge in [-0.15, -0.1) is 0 Å². The first-order valence-electron chi connectivity index (χ1n) is 29.0. The van der Waals surface area contributed by atoms with Gasteiger partial charge in [0.2, 0.25) is 0 Å². The van der Waals surface area contributed by atoms with Crippen molar-refractivity contribution < 1.29 is 0 Å². The maximum Gasteiger partial charge on any atom is 0.164 e. The molecule has 16 rings (SSSR count). The van der Waals surface area contributed by atoms with Gasteiger partial charge in [-0.1, -0.05) is 218 Å². The normalized spacial score (nSPS) is 11.4. The van der Waals surface area contributed by atoms with Gasteiger partial charge in [-0.2, -0.15) is 5.26 Å². The SMILES string of the molecule is N#Cc1cc(-n2c3ccccc3c3cc(-c4nc(-c5ccccc5)nc(-c5ccccc5)n4)ccc32)c(-c2cc(-c3ccccc3)nc(-c3ccccc3)n2)cc1-n1c2ccccc2c2cc(-c3nc(-c4ccccc4)nc(-c4ccccc4)n3)ccc21. The van der Waals surface area contributed by atoms with Crippen LogP contribution < -0.4 is 0 Å². The van der Waals surface area contributed by atoms with E-state index in [2.05, 4.69) is 118 Å². The first-order chi connectivity index (χ1) is 43.6. The Labute approximate surface area is 505 Å². The van der Waals surface area contributed by atoms with Gasteiger partial charge in [-0.05, 0) is 66.7 Å². The zero-order valence-electron chi connectivity index (χ0n) is 47.1. The summed E-state index contributed by atoms with van der Waals surface area (Å²) in [5, 5.41) is 15.7. The zero-order chi connectivity index (χ0) is 58.5. The van der Waals surface area contributed by atoms with Crippen LogP contribution in [0.4, 0.5) is 0 Å². The first kappa shape index (κ1) is 51.3. The van der Waals surface area contributed by atoms with E-state index in [1.54, 1.807) is 0 Å². The Morgan fingerprint density at radius 1 is 0.239 bits per heavy atom. The van der Waals surface area contributed by atoms with Crippen LogP contribution in [-0.2, 0) is 0 Å². The lowest BCUT2D eigenvalue weighted by Gasteiger charge is -2.19. The predicted octanol–water partition coefficient (Wildman–Crippen LogP) is 17.9. The number of hydrogen-bond acceptors (Lipinski definition) is 9. The predicted molar refractivity (Wildman–Crippen MR) is 351 cm³/mol. The molecule has 88 heavy (non-hydrogen) atoms. The second-order valence-corrected chi connectivity index (χ2v) is 21.4. The van der Waals surface area contributed by atoms with Crippen molar-refractivity contribution in [2.24, 2.45) is 0 Å². The lowest BCUT2D eigenvalue weighted by Crippen LogP contribution is -2.05. The molecule has 0 bridgehead atoms. The molecule has 0 saturated heterocycles. The Morgan fingerprint density at radius 3 is 0.955 bits per heavy atom. The van der Waals surface area contributed by atoms with Crippen molar-refractivity contribution in [3.05, 3.63) is 291 Å². The standard InChI is InChI=1S/C77H47N11/c78-48-57-45-70(88-66-38-22-20-36-59(66)61-44-56(40-42-68(61)88)77-85-74(53-31-15-5-16-32-53)82-75(86-77)54-33-17-6-18-34-54)62(64-47-63(49-23-7-1-8-24-49)79-71(80-64)50-25-9-2-10-26-50)46-69(57)87-65-37-21-19-35-58(65)60-43-55(39-41-67(60)87)76-83-72(51-27-11-3-12-28-51)81-73(84-76)52-29-13-4-14-30-52/h1-47H. The van der Waals surface area contributed by atoms with Gasteiger partial charge < -0.3 is 9.13 Å². The fourth-order valence-corrected chi connectivity index (χ4v) is 11.9. The lowest BCUT2D eigenvalue weighted by atomic mass is 10.0. The summed E-state index contributed by atoms with van der Waals surface area (Å²) in [6.07, 6.45) is 0. The molecule has 0 fully saturated rings. The van der Waals surface area contributed by atoms with E-state index in [0.29, 0.717) is 57.7 Å². The maximum atomic E-state index is 11.7. The summed E-state index contributed by atoms with van der Waals surface area (Å²) in [7, 11) is 0. The third kappa shape index (κ3) is 9.18. The van der Waals surface area contributed by atoms with Gasteiger partial charge in [0, 0.05) is 71.6 Å². The minimum atomic E-state index is 0.457. The van der Waals surface area contributed by atoms with Crippen molar-refractivity contribution in [1.29, 1.82) is 5.26 Å². The molecule has 16 aromatic rings. The number of nitrogens with zero attached hydrogens (tertiary/aromatic N) is 11. The molecule has 0 saturated carbocycles. The first-order valence-corrected chi connectivity index (χ1v) is 29.0. The van der Waals surface area contributed by atoms with Crippen LogP contribution in [0.25, 0.3) is 157 Å². The molecule has 0 amide bonds. The van der Waals surface area contributed by atoms with Crippen LogP contribution in [0, 0.1) is 11.3 Å². The van der Waals surface area contributed by atoms with Crippen molar-refractivity contribution in [1.82, 2.24) is 49.0 Å². The molecule has 0 aliphatic rings. The number of rotatable bonds is 11. The van der Waals surface area contributed by atoms with Crippen molar-refractivity contribution >= 4 is 43.6 Å². The van der Waals surface area contributed by atoms with Crippen LogP contribution in [0.5, 0.6) is 0 Å². The van der Waals surface area contributed by atoms with E-state index < -0.39 is 0 Å². The fraction of sp³-hybridized carbons (Fsp3) is 0. The van der Waals surface area contributed by atoms with Gasteiger partial charge in [0.25, 0.3) is 0 Å². The molecular weight excluding hydrogens is 1080 g/mol. The monoisotopic (exact) mass is 1130 g/mol. The molecule has 11 nitrogen and oxygen atoms in total. The molecule has 0 aliphatic carbocycles. The highest BCUT2D eigenvalue weighted by atomic mass is 15.1. The molecule has 5 heterocycles. The van der Waals surface area contributed by atoms with Crippen molar-refractivity contribution in [3.63, 3.8) is 0 Å². The molecule has 11 aromatic carbocycles. The molecular formula is C77H47N11. The van der Waals surface area contributed by atoms with E-state index in [9.17, 15) is 5.26 Å². The maximum absolute atomic E-state index is 11.7. The van der Waals surface area contributed by atoms with E-state index in [0.717, 1.165) is 105 Å². The van der Waals surface area contributed by atoms with Crippen LogP contribution in [-0.4, -0.2) is 49.0 Å². The number of nitriles is 1. The van der Waals surface area contributed by atoms with Crippen LogP contribution >= 0.6 is 0 Å². The van der Waals surface area contributed by atoms with E-state index >= 15 is 0 Å². The summed E-state index contributed by atoms with van der Waals surface area (Å²) in [5.41, 5.74) is 14.8. The van der Waals surface area contributed by atoms with Crippen molar-refractivity contribution in [2.45, 2.75) is 0 Å². The Hall–Kier alpha value is -12.4. The molecule has 0 atom stereocenters. The number of benzene rings is 11. The largest absolute Gasteiger partial charge is 0.309 e. The smallest absolute Gasteiger partial charge is 0.164 e. The van der Waals surface area contributed by atoms with Gasteiger partial charge in [-0.25, -0.2) is 39.9 Å². The van der Waals surface area contributed by atoms with Crippen LogP contribution in [0.15, 0.2) is 285 Å². The minimum Gasteiger partial charge on any atom is -0.309 e. The zero-order valence-corrected chi connectivity index (χ0v) is 47.1. The highest BCUT2D eigenvalue weighted by molar-refractivity contribution is 6.12. The Kier molecular flexibility index (Phi) is 12.6. The van der Waals surface area contributed by atoms with Gasteiger partial charge in [0.15, 0.2) is 40.8 Å². The second kappa shape index (κ2) is 21.7. The molecule has 0 unspecified atom stereocenters. The van der Waals surface area contributed by atoms with Crippen molar-refractivity contribution in [3.8, 4) is 120 Å². The Balaban J connectivity index is 0.935. The van der Waals surface area contributed by atoms with Gasteiger partial charge in [-0.3, -0.25) is 0 Å². The molecule has 0 N–H and O–H groups in total. The molecule has 11 heteroatoms. The second-order valence-electron chi connectivity index (χ2n) is 21.4. The number of fused-ring (bicyclic) bond motifs is 6. The van der Waals surface area contributed by atoms with Crippen LogP contribution in [0.2, 0.25) is 0 Å². The third-order valence-corrected chi connectivity index (χ3v) is 16.1. The summed E-state index contributed by atoms with van der Waals surface area (Å²) in [5.74, 6) is 3.98. The Bertz CT molecular complexity index is 5200. The number of aromatic nitrogens is 10. The molecule has 410 valence electrons. The van der Waals surface area contributed by atoms with Gasteiger partial charge in [0.05, 0.1) is 50.4 Å². The van der Waals surface area contributed by atoms with Gasteiger partial charge in [0.1, 0.15) is 6.07 Å². The molecule has 0 aliphatic heterocycles. The van der Waals surface area contributed by atoms with E-state index in [-0.39, 0.29) is 0 Å². The average Bonchev–Trinajstić information content (AvgIpc) is 2.67. The summed E-state index contributed by atoms with van der Waals surface area (Å²) in [4.78, 5) is 41.2. The van der Waals surface area contributed by atoms with E-state index in [1.165, 1.54) is 0 Å². The molecule has 0 radical (unpaired) electrons. The summed E-state index contributed by atoms with van der Waals surface area (Å²) in [6.45, 7) is 0. The Morgan fingerprint density at radius 2 is 0.557 bits per heavy atom. The van der Waals surface area contributed by atoms with Crippen LogP contribution in [0.1, 0.15) is 5.56 Å². The third-order valence-electron chi connectivity index (χ3n) is 16.1. The summed E-state index contributed by atoms with van der Waals surface area (Å²) >= 11 is 0. The topological polar surface area (TPSA) is 137 Å². The summed E-state index contributed by atoms with van der Waals surface area (Å²) in [6, 6.07) is 98.7. The quantitative estimate of drug-likeness (QED) is 0.124. The highest BCUT2D eigenvalue weighted by Crippen LogP contribution is 2.43. The average molecular weight is 1130 g/mol. The van der Waals surface area contributed by atoms with Crippen LogP contribution in [0.3, 0.4) is 0 Å². The minimum absolute atomic E-state index is 0.457. The molecule has 0 spiro atoms. The highest BCUT2D eigenvalue weighted by Gasteiger charge is 2.25. The van der Waals surface area contributed by atoms with Gasteiger partial charge >= 0.3 is 0 Å². The van der Waals surface area contributed by atoms with E-state index in [1.807, 2.05) is 182 Å².